The minimum absolute atomic E-state index is 0.492. The zero-order valence-electron chi connectivity index (χ0n) is 9.72. The lowest BCUT2D eigenvalue weighted by Crippen LogP contribution is -2.18. The van der Waals surface area contributed by atoms with Gasteiger partial charge in [0.25, 0.3) is 0 Å². The van der Waals surface area contributed by atoms with Crippen molar-refractivity contribution in [3.63, 3.8) is 0 Å². The smallest absolute Gasteiger partial charge is 0.146 e. The number of hydrogen-bond donors (Lipinski definition) is 1. The molecule has 0 aromatic carbocycles. The quantitative estimate of drug-likeness (QED) is 0.943. The molecule has 2 N–H and O–H groups in total. The molecule has 0 spiro atoms. The molecule has 0 unspecified atom stereocenters. The largest absolute Gasteiger partial charge is 0.397 e. The second kappa shape index (κ2) is 5.38. The summed E-state index contributed by atoms with van der Waals surface area (Å²) in [5.41, 5.74) is 7.79. The van der Waals surface area contributed by atoms with Crippen LogP contribution in [-0.4, -0.2) is 12.0 Å². The molecule has 0 amide bonds. The highest BCUT2D eigenvalue weighted by molar-refractivity contribution is 9.11. The van der Waals surface area contributed by atoms with E-state index in [2.05, 4.69) is 38.4 Å². The molecule has 0 aliphatic rings. The predicted octanol–water partition coefficient (Wildman–Crippen LogP) is 3.00. The summed E-state index contributed by atoms with van der Waals surface area (Å²) in [5.74, 6) is 0.647. The maximum atomic E-state index is 9.08. The second-order valence-corrected chi connectivity index (χ2v) is 6.16. The maximum absolute atomic E-state index is 9.08. The normalized spacial score (nSPS) is 10.1. The van der Waals surface area contributed by atoms with Gasteiger partial charge in [-0.15, -0.1) is 11.3 Å². The Balaban J connectivity index is 2.24. The van der Waals surface area contributed by atoms with Crippen LogP contribution in [0.5, 0.6) is 0 Å². The number of nitrogens with zero attached hydrogens (tertiary/aromatic N) is 3. The van der Waals surface area contributed by atoms with Crippen LogP contribution < -0.4 is 10.6 Å². The van der Waals surface area contributed by atoms with E-state index in [1.54, 1.807) is 23.6 Å². The number of nitrogens with two attached hydrogens (primary N) is 1. The van der Waals surface area contributed by atoms with Gasteiger partial charge in [-0.2, -0.15) is 5.26 Å². The molecule has 18 heavy (non-hydrogen) atoms. The SMILES string of the molecule is CN(Cc1csc(Br)c1)c1ncc(N)cc1C#N. The minimum Gasteiger partial charge on any atom is -0.397 e. The van der Waals surface area contributed by atoms with E-state index < -0.39 is 0 Å². The number of thiophene rings is 1. The van der Waals surface area contributed by atoms with E-state index in [1.807, 2.05) is 11.9 Å². The van der Waals surface area contributed by atoms with E-state index in [1.165, 1.54) is 5.56 Å². The molecule has 0 saturated heterocycles. The lowest BCUT2D eigenvalue weighted by molar-refractivity contribution is 0.899. The lowest BCUT2D eigenvalue weighted by atomic mass is 10.2. The Morgan fingerprint density at radius 1 is 1.56 bits per heavy atom. The molecular weight excluding hydrogens is 312 g/mol. The van der Waals surface area contributed by atoms with Crippen LogP contribution in [0.25, 0.3) is 0 Å². The molecule has 0 saturated carbocycles. The molecule has 2 heterocycles. The first-order valence-electron chi connectivity index (χ1n) is 5.20. The second-order valence-electron chi connectivity index (χ2n) is 3.87. The fourth-order valence-electron chi connectivity index (χ4n) is 1.64. The number of hydrogen-bond acceptors (Lipinski definition) is 5. The number of pyridine rings is 1. The minimum atomic E-state index is 0.492. The fraction of sp³-hybridized carbons (Fsp3) is 0.167. The first kappa shape index (κ1) is 12.9. The van der Waals surface area contributed by atoms with Gasteiger partial charge in [-0.1, -0.05) is 0 Å². The van der Waals surface area contributed by atoms with E-state index in [4.69, 9.17) is 11.0 Å². The summed E-state index contributed by atoms with van der Waals surface area (Å²) in [4.78, 5) is 6.16. The molecule has 0 fully saturated rings. The van der Waals surface area contributed by atoms with Gasteiger partial charge in [0.05, 0.1) is 21.2 Å². The summed E-state index contributed by atoms with van der Waals surface area (Å²) in [5, 5.41) is 11.2. The van der Waals surface area contributed by atoms with Gasteiger partial charge in [0.2, 0.25) is 0 Å². The Morgan fingerprint density at radius 2 is 2.33 bits per heavy atom. The van der Waals surface area contributed by atoms with Crippen LogP contribution in [-0.2, 0) is 6.54 Å². The zero-order valence-corrected chi connectivity index (χ0v) is 12.1. The average Bonchev–Trinajstić information content (AvgIpc) is 2.74. The number of halogens is 1. The average molecular weight is 323 g/mol. The highest BCUT2D eigenvalue weighted by atomic mass is 79.9. The first-order chi connectivity index (χ1) is 8.60. The summed E-state index contributed by atoms with van der Waals surface area (Å²) in [6, 6.07) is 5.82. The fourth-order valence-corrected chi connectivity index (χ4v) is 2.84. The molecule has 0 radical (unpaired) electrons. The molecule has 2 rings (SSSR count). The van der Waals surface area contributed by atoms with E-state index in [0.717, 1.165) is 3.79 Å². The van der Waals surface area contributed by atoms with Crippen molar-refractivity contribution >= 4 is 38.8 Å². The van der Waals surface area contributed by atoms with Gasteiger partial charge in [-0.05, 0) is 39.0 Å². The monoisotopic (exact) mass is 322 g/mol. The topological polar surface area (TPSA) is 65.9 Å². The van der Waals surface area contributed by atoms with Crippen molar-refractivity contribution < 1.29 is 0 Å². The van der Waals surface area contributed by atoms with Gasteiger partial charge in [0.1, 0.15) is 11.9 Å². The van der Waals surface area contributed by atoms with Crippen molar-refractivity contribution in [3.8, 4) is 6.07 Å². The third-order valence-electron chi connectivity index (χ3n) is 2.41. The standard InChI is InChI=1S/C12H11BrN4S/c1-17(6-8-2-11(13)18-7-8)12-9(4-14)3-10(15)5-16-12/h2-3,5,7H,6,15H2,1H3. The molecule has 0 aliphatic carbocycles. The molecule has 2 aromatic heterocycles. The third kappa shape index (κ3) is 2.81. The molecule has 6 heteroatoms. The molecular formula is C12H11BrN4S. The van der Waals surface area contributed by atoms with Crippen molar-refractivity contribution in [2.75, 3.05) is 17.7 Å². The Morgan fingerprint density at radius 3 is 2.94 bits per heavy atom. The molecule has 0 atom stereocenters. The first-order valence-corrected chi connectivity index (χ1v) is 6.87. The van der Waals surface area contributed by atoms with Crippen LogP contribution in [0.1, 0.15) is 11.1 Å². The van der Waals surface area contributed by atoms with Crippen LogP contribution in [0.15, 0.2) is 27.5 Å². The molecule has 4 nitrogen and oxygen atoms in total. The van der Waals surface area contributed by atoms with Crippen LogP contribution >= 0.6 is 27.3 Å². The number of rotatable bonds is 3. The van der Waals surface area contributed by atoms with Crippen molar-refractivity contribution in [1.82, 2.24) is 4.98 Å². The Labute approximate surface area is 118 Å². The van der Waals surface area contributed by atoms with E-state index >= 15 is 0 Å². The highest BCUT2D eigenvalue weighted by Gasteiger charge is 2.10. The van der Waals surface area contributed by atoms with E-state index in [9.17, 15) is 0 Å². The number of aromatic nitrogens is 1. The number of nitriles is 1. The third-order valence-corrected chi connectivity index (χ3v) is 3.96. The molecule has 2 aromatic rings. The zero-order chi connectivity index (χ0) is 13.1. The molecule has 0 aliphatic heterocycles. The van der Waals surface area contributed by atoms with Crippen molar-refractivity contribution in [1.29, 1.82) is 5.26 Å². The van der Waals surface area contributed by atoms with Gasteiger partial charge in [-0.3, -0.25) is 0 Å². The summed E-state index contributed by atoms with van der Waals surface area (Å²) in [6.07, 6.45) is 1.57. The van der Waals surface area contributed by atoms with Crippen molar-refractivity contribution in [3.05, 3.63) is 38.6 Å². The lowest BCUT2D eigenvalue weighted by Gasteiger charge is -2.18. The van der Waals surface area contributed by atoms with Gasteiger partial charge in [0, 0.05) is 13.6 Å². The summed E-state index contributed by atoms with van der Waals surface area (Å²) < 4.78 is 1.09. The summed E-state index contributed by atoms with van der Waals surface area (Å²) in [7, 11) is 1.91. The summed E-state index contributed by atoms with van der Waals surface area (Å²) in [6.45, 7) is 0.702. The highest BCUT2D eigenvalue weighted by Crippen LogP contribution is 2.24. The number of anilines is 2. The predicted molar refractivity (Wildman–Crippen MR) is 77.5 cm³/mol. The van der Waals surface area contributed by atoms with Crippen LogP contribution in [0.2, 0.25) is 0 Å². The van der Waals surface area contributed by atoms with E-state index in [0.29, 0.717) is 23.6 Å². The Hall–Kier alpha value is -1.58. The molecule has 0 bridgehead atoms. The van der Waals surface area contributed by atoms with Gasteiger partial charge in [0.15, 0.2) is 0 Å². The van der Waals surface area contributed by atoms with E-state index in [-0.39, 0.29) is 0 Å². The van der Waals surface area contributed by atoms with Crippen molar-refractivity contribution in [2.45, 2.75) is 6.54 Å². The van der Waals surface area contributed by atoms with Crippen LogP contribution in [0, 0.1) is 11.3 Å². The van der Waals surface area contributed by atoms with Gasteiger partial charge >= 0.3 is 0 Å². The Bertz CT molecular complexity index is 602. The molecule has 92 valence electrons. The van der Waals surface area contributed by atoms with Crippen LogP contribution in [0.3, 0.4) is 0 Å². The van der Waals surface area contributed by atoms with Gasteiger partial charge in [-0.25, -0.2) is 4.98 Å². The maximum Gasteiger partial charge on any atom is 0.146 e. The number of nitrogen functional groups attached to an aromatic ring is 1. The van der Waals surface area contributed by atoms with Gasteiger partial charge < -0.3 is 10.6 Å². The van der Waals surface area contributed by atoms with Crippen LogP contribution in [0.4, 0.5) is 11.5 Å². The Kier molecular flexibility index (Phi) is 3.84. The van der Waals surface area contributed by atoms with Crippen molar-refractivity contribution in [2.24, 2.45) is 0 Å². The summed E-state index contributed by atoms with van der Waals surface area (Å²) >= 11 is 5.07.